The number of rotatable bonds is 4. The Morgan fingerprint density at radius 3 is 2.84 bits per heavy atom. The van der Waals surface area contributed by atoms with Crippen LogP contribution in [-0.2, 0) is 16.4 Å². The van der Waals surface area contributed by atoms with Crippen LogP contribution in [0.4, 0.5) is 0 Å². The number of aromatic nitrogens is 2. The minimum absolute atomic E-state index is 0.0702. The first-order valence-electron chi connectivity index (χ1n) is 6.77. The maximum atomic E-state index is 12.2. The van der Waals surface area contributed by atoms with Gasteiger partial charge in [-0.15, -0.1) is 0 Å². The zero-order valence-corrected chi connectivity index (χ0v) is 11.9. The van der Waals surface area contributed by atoms with Gasteiger partial charge in [0.15, 0.2) is 5.03 Å². The Kier molecular flexibility index (Phi) is 4.59. The summed E-state index contributed by atoms with van der Waals surface area (Å²) in [4.78, 5) is 6.77. The van der Waals surface area contributed by atoms with Gasteiger partial charge in [0.1, 0.15) is 5.82 Å². The smallest absolute Gasteiger partial charge is 0.257 e. The third-order valence-electron chi connectivity index (χ3n) is 3.52. The summed E-state index contributed by atoms with van der Waals surface area (Å²) in [6.45, 7) is 1.90. The second-order valence-electron chi connectivity index (χ2n) is 4.98. The molecule has 2 atom stereocenters. The van der Waals surface area contributed by atoms with Crippen molar-refractivity contribution in [3.05, 3.63) is 12.0 Å². The number of aliphatic hydroxyl groups is 1. The summed E-state index contributed by atoms with van der Waals surface area (Å²) in [6.07, 6.45) is 5.62. The van der Waals surface area contributed by atoms with E-state index in [4.69, 9.17) is 0 Å². The van der Waals surface area contributed by atoms with Crippen LogP contribution in [0.3, 0.4) is 0 Å². The Bertz CT molecular complexity index is 512. The molecule has 0 saturated heterocycles. The number of nitrogens with zero attached hydrogens (tertiary/aromatic N) is 1. The lowest BCUT2D eigenvalue weighted by atomic mass is 10.1. The van der Waals surface area contributed by atoms with Crippen LogP contribution >= 0.6 is 0 Å². The van der Waals surface area contributed by atoms with Crippen molar-refractivity contribution in [1.82, 2.24) is 14.7 Å². The van der Waals surface area contributed by atoms with Crippen LogP contribution in [0.15, 0.2) is 11.2 Å². The van der Waals surface area contributed by atoms with Crippen LogP contribution < -0.4 is 4.72 Å². The van der Waals surface area contributed by atoms with Gasteiger partial charge >= 0.3 is 0 Å². The number of imidazole rings is 1. The summed E-state index contributed by atoms with van der Waals surface area (Å²) in [7, 11) is -3.63. The van der Waals surface area contributed by atoms with Crippen molar-refractivity contribution in [3.8, 4) is 0 Å². The zero-order chi connectivity index (χ0) is 13.9. The number of sulfonamides is 1. The van der Waals surface area contributed by atoms with Gasteiger partial charge in [-0.1, -0.05) is 26.2 Å². The van der Waals surface area contributed by atoms with E-state index < -0.39 is 22.2 Å². The fourth-order valence-corrected chi connectivity index (χ4v) is 3.59. The molecule has 1 aliphatic rings. The van der Waals surface area contributed by atoms with E-state index in [1.54, 1.807) is 0 Å². The van der Waals surface area contributed by atoms with E-state index >= 15 is 0 Å². The number of aromatic amines is 1. The van der Waals surface area contributed by atoms with Gasteiger partial charge in [0.25, 0.3) is 10.0 Å². The highest BCUT2D eigenvalue weighted by Gasteiger charge is 2.28. The highest BCUT2D eigenvalue weighted by molar-refractivity contribution is 7.89. The standard InChI is InChI=1S/C12H21N3O3S/c1-2-11-13-8-12(14-11)19(17,18)15-9-6-4-3-5-7-10(9)16/h8-10,15-16H,2-7H2,1H3,(H,13,14). The molecule has 108 valence electrons. The SMILES string of the molecule is CCc1ncc(S(=O)(=O)NC2CCCCCC2O)[nH]1. The number of H-pyrrole nitrogens is 1. The molecular weight excluding hydrogens is 266 g/mol. The van der Waals surface area contributed by atoms with Gasteiger partial charge in [0.05, 0.1) is 12.3 Å². The van der Waals surface area contributed by atoms with Crippen LogP contribution in [0.25, 0.3) is 0 Å². The van der Waals surface area contributed by atoms with Crippen LogP contribution in [-0.4, -0.2) is 35.6 Å². The predicted octanol–water partition coefficient (Wildman–Crippen LogP) is 0.944. The van der Waals surface area contributed by atoms with Crippen molar-refractivity contribution < 1.29 is 13.5 Å². The predicted molar refractivity (Wildman–Crippen MR) is 71.2 cm³/mol. The molecule has 1 heterocycles. The van der Waals surface area contributed by atoms with Crippen molar-refractivity contribution >= 4 is 10.0 Å². The number of aliphatic hydroxyl groups excluding tert-OH is 1. The van der Waals surface area contributed by atoms with Gasteiger partial charge in [-0.05, 0) is 12.8 Å². The minimum atomic E-state index is -3.63. The highest BCUT2D eigenvalue weighted by Crippen LogP contribution is 2.19. The van der Waals surface area contributed by atoms with E-state index in [-0.39, 0.29) is 5.03 Å². The first-order chi connectivity index (χ1) is 9.03. The number of hydrogen-bond donors (Lipinski definition) is 3. The molecular formula is C12H21N3O3S. The Hall–Kier alpha value is -0.920. The van der Waals surface area contributed by atoms with E-state index in [0.29, 0.717) is 25.1 Å². The minimum Gasteiger partial charge on any atom is -0.391 e. The summed E-state index contributed by atoms with van der Waals surface area (Å²) < 4.78 is 27.0. The van der Waals surface area contributed by atoms with Crippen LogP contribution in [0.1, 0.15) is 44.9 Å². The molecule has 0 aromatic carbocycles. The lowest BCUT2D eigenvalue weighted by Crippen LogP contribution is -2.42. The van der Waals surface area contributed by atoms with E-state index in [0.717, 1.165) is 19.3 Å². The molecule has 1 saturated carbocycles. The molecule has 0 bridgehead atoms. The highest BCUT2D eigenvalue weighted by atomic mass is 32.2. The third kappa shape index (κ3) is 3.55. The van der Waals surface area contributed by atoms with Gasteiger partial charge in [-0.2, -0.15) is 0 Å². The number of nitrogens with one attached hydrogen (secondary N) is 2. The van der Waals surface area contributed by atoms with Gasteiger partial charge in [0, 0.05) is 12.5 Å². The summed E-state index contributed by atoms with van der Waals surface area (Å²) in [5.41, 5.74) is 0. The van der Waals surface area contributed by atoms with E-state index in [1.165, 1.54) is 6.20 Å². The molecule has 2 rings (SSSR count). The van der Waals surface area contributed by atoms with Crippen molar-refractivity contribution in [3.63, 3.8) is 0 Å². The summed E-state index contributed by atoms with van der Waals surface area (Å²) in [5.74, 6) is 0.641. The maximum absolute atomic E-state index is 12.2. The molecule has 1 aromatic heterocycles. The second-order valence-corrected chi connectivity index (χ2v) is 6.66. The summed E-state index contributed by atoms with van der Waals surface area (Å²) in [5, 5.41) is 10.0. The molecule has 1 aliphatic carbocycles. The van der Waals surface area contributed by atoms with E-state index in [9.17, 15) is 13.5 Å². The Labute approximate surface area is 113 Å². The largest absolute Gasteiger partial charge is 0.391 e. The Morgan fingerprint density at radius 2 is 2.16 bits per heavy atom. The second kappa shape index (κ2) is 6.02. The fraction of sp³-hybridized carbons (Fsp3) is 0.750. The summed E-state index contributed by atoms with van der Waals surface area (Å²) >= 11 is 0. The molecule has 0 spiro atoms. The fourth-order valence-electron chi connectivity index (χ4n) is 2.35. The Morgan fingerprint density at radius 1 is 1.42 bits per heavy atom. The molecule has 0 amide bonds. The van der Waals surface area contributed by atoms with Gasteiger partial charge in [-0.3, -0.25) is 0 Å². The molecule has 0 radical (unpaired) electrons. The van der Waals surface area contributed by atoms with Crippen molar-refractivity contribution in [2.45, 2.75) is 62.6 Å². The van der Waals surface area contributed by atoms with Crippen molar-refractivity contribution in [2.24, 2.45) is 0 Å². The molecule has 0 aliphatic heterocycles. The van der Waals surface area contributed by atoms with Crippen LogP contribution in [0.2, 0.25) is 0 Å². The maximum Gasteiger partial charge on any atom is 0.257 e. The van der Waals surface area contributed by atoms with Gasteiger partial charge < -0.3 is 10.1 Å². The molecule has 2 unspecified atom stereocenters. The van der Waals surface area contributed by atoms with E-state index in [2.05, 4.69) is 14.7 Å². The number of hydrogen-bond acceptors (Lipinski definition) is 4. The van der Waals surface area contributed by atoms with Crippen LogP contribution in [0.5, 0.6) is 0 Å². The average Bonchev–Trinajstić information content (AvgIpc) is 2.78. The van der Waals surface area contributed by atoms with Crippen molar-refractivity contribution in [1.29, 1.82) is 0 Å². The van der Waals surface area contributed by atoms with Gasteiger partial charge in [-0.25, -0.2) is 18.1 Å². The molecule has 7 heteroatoms. The first-order valence-corrected chi connectivity index (χ1v) is 8.25. The van der Waals surface area contributed by atoms with Gasteiger partial charge in [0.2, 0.25) is 0 Å². The van der Waals surface area contributed by atoms with Crippen LogP contribution in [0, 0.1) is 0 Å². The lowest BCUT2D eigenvalue weighted by Gasteiger charge is -2.21. The topological polar surface area (TPSA) is 95.1 Å². The van der Waals surface area contributed by atoms with E-state index in [1.807, 2.05) is 6.92 Å². The lowest BCUT2D eigenvalue weighted by molar-refractivity contribution is 0.130. The molecule has 1 fully saturated rings. The molecule has 19 heavy (non-hydrogen) atoms. The summed E-state index contributed by atoms with van der Waals surface area (Å²) in [6, 6.07) is -0.402. The number of aryl methyl sites for hydroxylation is 1. The molecule has 1 aromatic rings. The normalized spacial score (nSPS) is 25.2. The quantitative estimate of drug-likeness (QED) is 0.718. The first kappa shape index (κ1) is 14.5. The molecule has 3 N–H and O–H groups in total. The zero-order valence-electron chi connectivity index (χ0n) is 11.1. The third-order valence-corrected chi connectivity index (χ3v) is 4.92. The average molecular weight is 287 g/mol. The molecule has 6 nitrogen and oxygen atoms in total. The Balaban J connectivity index is 2.11. The van der Waals surface area contributed by atoms with Crippen molar-refractivity contribution in [2.75, 3.05) is 0 Å². The monoisotopic (exact) mass is 287 g/mol.